The van der Waals surface area contributed by atoms with Gasteiger partial charge in [-0.3, -0.25) is 4.79 Å². The van der Waals surface area contributed by atoms with Crippen LogP contribution in [0.2, 0.25) is 0 Å². The molecule has 120 valence electrons. The van der Waals surface area contributed by atoms with E-state index in [4.69, 9.17) is 4.74 Å². The van der Waals surface area contributed by atoms with Crippen molar-refractivity contribution >= 4 is 23.4 Å². The number of amides is 1. The number of para-hydroxylation sites is 2. The highest BCUT2D eigenvalue weighted by Crippen LogP contribution is 2.27. The molecule has 0 bridgehead atoms. The van der Waals surface area contributed by atoms with Crippen molar-refractivity contribution in [1.82, 2.24) is 0 Å². The molecule has 4 heteroatoms. The number of ether oxygens (including phenoxy) is 1. The second kappa shape index (κ2) is 6.96. The largest absolute Gasteiger partial charge is 0.489 e. The van der Waals surface area contributed by atoms with E-state index < -0.39 is 0 Å². The summed E-state index contributed by atoms with van der Waals surface area (Å²) in [7, 11) is 0. The first-order valence-electron chi connectivity index (χ1n) is 7.70. The van der Waals surface area contributed by atoms with Gasteiger partial charge in [0.1, 0.15) is 12.4 Å². The van der Waals surface area contributed by atoms with Gasteiger partial charge in [-0.2, -0.15) is 10.1 Å². The second-order valence-corrected chi connectivity index (χ2v) is 5.33. The predicted octanol–water partition coefficient (Wildman–Crippen LogP) is 4.06. The SMILES string of the molecule is C=CCOc1ccccc1/C=C1\C(=O)N(c2ccccc2)N=C1C. The molecule has 1 aliphatic rings. The van der Waals surface area contributed by atoms with Crippen LogP contribution in [0, 0.1) is 0 Å². The van der Waals surface area contributed by atoms with Crippen molar-refractivity contribution in [1.29, 1.82) is 0 Å². The van der Waals surface area contributed by atoms with Gasteiger partial charge in [0.15, 0.2) is 0 Å². The van der Waals surface area contributed by atoms with Crippen LogP contribution in [0.25, 0.3) is 6.08 Å². The molecule has 1 heterocycles. The number of rotatable bonds is 5. The summed E-state index contributed by atoms with van der Waals surface area (Å²) in [6.45, 7) is 5.90. The molecule has 0 radical (unpaired) electrons. The fourth-order valence-electron chi connectivity index (χ4n) is 2.46. The van der Waals surface area contributed by atoms with E-state index in [1.807, 2.05) is 67.6 Å². The predicted molar refractivity (Wildman–Crippen MR) is 97.1 cm³/mol. The average molecular weight is 318 g/mol. The fraction of sp³-hybridized carbons (Fsp3) is 0.100. The first kappa shape index (κ1) is 15.7. The molecular formula is C20H18N2O2. The van der Waals surface area contributed by atoms with Crippen LogP contribution in [0.5, 0.6) is 5.75 Å². The van der Waals surface area contributed by atoms with Crippen LogP contribution in [0.1, 0.15) is 12.5 Å². The molecule has 0 aliphatic carbocycles. The van der Waals surface area contributed by atoms with Gasteiger partial charge in [0.05, 0.1) is 17.0 Å². The number of nitrogens with zero attached hydrogens (tertiary/aromatic N) is 2. The number of hydrogen-bond acceptors (Lipinski definition) is 3. The Hall–Kier alpha value is -3.14. The molecule has 0 saturated heterocycles. The van der Waals surface area contributed by atoms with Crippen molar-refractivity contribution in [2.24, 2.45) is 5.10 Å². The third-order valence-corrected chi connectivity index (χ3v) is 3.64. The Bertz CT molecular complexity index is 823. The molecule has 0 saturated carbocycles. The van der Waals surface area contributed by atoms with E-state index in [0.717, 1.165) is 11.3 Å². The standard InChI is InChI=1S/C20H18N2O2/c1-3-13-24-19-12-8-7-9-16(19)14-18-15(2)21-22(20(18)23)17-10-5-4-6-11-17/h3-12,14H,1,13H2,2H3/b18-14-. The average Bonchev–Trinajstić information content (AvgIpc) is 2.90. The maximum Gasteiger partial charge on any atom is 0.280 e. The molecule has 1 aliphatic heterocycles. The molecule has 0 N–H and O–H groups in total. The van der Waals surface area contributed by atoms with Crippen molar-refractivity contribution < 1.29 is 9.53 Å². The molecule has 3 rings (SSSR count). The normalized spacial score (nSPS) is 15.5. The van der Waals surface area contributed by atoms with Crippen LogP contribution >= 0.6 is 0 Å². The van der Waals surface area contributed by atoms with Gasteiger partial charge < -0.3 is 4.74 Å². The Balaban J connectivity index is 1.93. The number of carbonyl (C=O) groups is 1. The maximum absolute atomic E-state index is 12.7. The summed E-state index contributed by atoms with van der Waals surface area (Å²) >= 11 is 0. The zero-order valence-electron chi connectivity index (χ0n) is 13.5. The van der Waals surface area contributed by atoms with Crippen LogP contribution in [0.3, 0.4) is 0 Å². The lowest BCUT2D eigenvalue weighted by Gasteiger charge is -2.11. The molecule has 0 unspecified atom stereocenters. The van der Waals surface area contributed by atoms with Crippen molar-refractivity contribution in [2.75, 3.05) is 11.6 Å². The van der Waals surface area contributed by atoms with E-state index >= 15 is 0 Å². The highest BCUT2D eigenvalue weighted by atomic mass is 16.5. The molecule has 0 atom stereocenters. The molecule has 24 heavy (non-hydrogen) atoms. The Labute approximate surface area is 141 Å². The number of benzene rings is 2. The van der Waals surface area contributed by atoms with Gasteiger partial charge in [-0.1, -0.05) is 49.1 Å². The summed E-state index contributed by atoms with van der Waals surface area (Å²) < 4.78 is 5.65. The number of hydrogen-bond donors (Lipinski definition) is 0. The summed E-state index contributed by atoms with van der Waals surface area (Å²) in [5, 5.41) is 5.81. The van der Waals surface area contributed by atoms with Gasteiger partial charge in [-0.25, -0.2) is 0 Å². The van der Waals surface area contributed by atoms with E-state index in [1.54, 1.807) is 6.08 Å². The number of carbonyl (C=O) groups excluding carboxylic acids is 1. The molecule has 2 aromatic carbocycles. The lowest BCUT2D eigenvalue weighted by atomic mass is 10.1. The van der Waals surface area contributed by atoms with Crippen molar-refractivity contribution in [3.05, 3.63) is 78.4 Å². The maximum atomic E-state index is 12.7. The Morgan fingerprint density at radius 1 is 1.12 bits per heavy atom. The smallest absolute Gasteiger partial charge is 0.280 e. The first-order chi connectivity index (χ1) is 11.7. The molecule has 1 amide bonds. The first-order valence-corrected chi connectivity index (χ1v) is 7.70. The van der Waals surface area contributed by atoms with Crippen molar-refractivity contribution in [3.63, 3.8) is 0 Å². The molecule has 4 nitrogen and oxygen atoms in total. The van der Waals surface area contributed by atoms with Gasteiger partial charge in [0.25, 0.3) is 5.91 Å². The van der Waals surface area contributed by atoms with Gasteiger partial charge in [0.2, 0.25) is 0 Å². The molecule has 0 fully saturated rings. The zero-order valence-corrected chi connectivity index (χ0v) is 13.5. The van der Waals surface area contributed by atoms with Crippen molar-refractivity contribution in [2.45, 2.75) is 6.92 Å². The third kappa shape index (κ3) is 3.13. The number of hydrazone groups is 1. The lowest BCUT2D eigenvalue weighted by molar-refractivity contribution is -0.114. The fourth-order valence-corrected chi connectivity index (χ4v) is 2.46. The molecular weight excluding hydrogens is 300 g/mol. The Kier molecular flexibility index (Phi) is 4.57. The highest BCUT2D eigenvalue weighted by molar-refractivity contribution is 6.32. The van der Waals surface area contributed by atoms with Crippen LogP contribution in [-0.4, -0.2) is 18.2 Å². The van der Waals surface area contributed by atoms with Crippen LogP contribution < -0.4 is 9.75 Å². The van der Waals surface area contributed by atoms with Crippen LogP contribution in [0.15, 0.2) is 77.9 Å². The van der Waals surface area contributed by atoms with Gasteiger partial charge in [0, 0.05) is 5.56 Å². The Morgan fingerprint density at radius 3 is 2.58 bits per heavy atom. The Morgan fingerprint density at radius 2 is 1.83 bits per heavy atom. The minimum Gasteiger partial charge on any atom is -0.489 e. The van der Waals surface area contributed by atoms with E-state index in [1.165, 1.54) is 5.01 Å². The van der Waals surface area contributed by atoms with Crippen LogP contribution in [-0.2, 0) is 4.79 Å². The van der Waals surface area contributed by atoms with E-state index in [9.17, 15) is 4.79 Å². The highest BCUT2D eigenvalue weighted by Gasteiger charge is 2.28. The van der Waals surface area contributed by atoms with Gasteiger partial charge in [-0.05, 0) is 31.2 Å². The van der Waals surface area contributed by atoms with Crippen LogP contribution in [0.4, 0.5) is 5.69 Å². The summed E-state index contributed by atoms with van der Waals surface area (Å²) in [6.07, 6.45) is 3.51. The third-order valence-electron chi connectivity index (χ3n) is 3.64. The zero-order chi connectivity index (χ0) is 16.9. The minimum atomic E-state index is -0.141. The summed E-state index contributed by atoms with van der Waals surface area (Å²) in [6, 6.07) is 17.0. The molecule has 0 spiro atoms. The van der Waals surface area contributed by atoms with E-state index in [0.29, 0.717) is 23.6 Å². The lowest BCUT2D eigenvalue weighted by Crippen LogP contribution is -2.21. The second-order valence-electron chi connectivity index (χ2n) is 5.33. The minimum absolute atomic E-state index is 0.141. The quantitative estimate of drug-likeness (QED) is 0.616. The summed E-state index contributed by atoms with van der Waals surface area (Å²) in [5.74, 6) is 0.570. The van der Waals surface area contributed by atoms with E-state index in [-0.39, 0.29) is 5.91 Å². The monoisotopic (exact) mass is 318 g/mol. The van der Waals surface area contributed by atoms with Gasteiger partial charge >= 0.3 is 0 Å². The van der Waals surface area contributed by atoms with E-state index in [2.05, 4.69) is 11.7 Å². The molecule has 2 aromatic rings. The number of anilines is 1. The van der Waals surface area contributed by atoms with Gasteiger partial charge in [-0.15, -0.1) is 0 Å². The topological polar surface area (TPSA) is 41.9 Å². The summed E-state index contributed by atoms with van der Waals surface area (Å²) in [5.41, 5.74) is 2.84. The molecule has 0 aromatic heterocycles. The van der Waals surface area contributed by atoms with Crippen molar-refractivity contribution in [3.8, 4) is 5.75 Å². The summed E-state index contributed by atoms with van der Waals surface area (Å²) in [4.78, 5) is 12.7.